The first kappa shape index (κ1) is 23.2. The molecule has 2 aromatic rings. The van der Waals surface area contributed by atoms with Crippen LogP contribution in [0.25, 0.3) is 0 Å². The lowest BCUT2D eigenvalue weighted by Crippen LogP contribution is -2.43. The Balaban J connectivity index is 1.72. The summed E-state index contributed by atoms with van der Waals surface area (Å²) in [7, 11) is 0. The van der Waals surface area contributed by atoms with Gasteiger partial charge in [0.15, 0.2) is 5.76 Å². The van der Waals surface area contributed by atoms with Crippen molar-refractivity contribution in [2.24, 2.45) is 0 Å². The number of carbonyl (C=O) groups excluding carboxylic acids is 2. The van der Waals surface area contributed by atoms with Crippen molar-refractivity contribution in [2.75, 3.05) is 39.4 Å². The van der Waals surface area contributed by atoms with Crippen molar-refractivity contribution >= 4 is 46.2 Å². The van der Waals surface area contributed by atoms with Gasteiger partial charge in [0.05, 0.1) is 50.5 Å². The molecule has 10 heteroatoms. The minimum atomic E-state index is -0.771. The Bertz CT molecular complexity index is 1090. The lowest BCUT2D eigenvalue weighted by molar-refractivity contribution is -0.129. The summed E-state index contributed by atoms with van der Waals surface area (Å²) in [5, 5.41) is 12.2. The lowest BCUT2D eigenvalue weighted by atomic mass is 9.95. The predicted molar refractivity (Wildman–Crippen MR) is 124 cm³/mol. The number of morpholine rings is 1. The van der Waals surface area contributed by atoms with Crippen molar-refractivity contribution in [1.82, 2.24) is 14.8 Å². The quantitative estimate of drug-likeness (QED) is 0.610. The van der Waals surface area contributed by atoms with E-state index in [4.69, 9.17) is 27.9 Å². The maximum Gasteiger partial charge on any atom is 0.290 e. The molecule has 32 heavy (non-hydrogen) atoms. The lowest BCUT2D eigenvalue weighted by Gasteiger charge is -2.31. The third kappa shape index (κ3) is 4.43. The van der Waals surface area contributed by atoms with E-state index in [1.807, 2.05) is 6.92 Å². The van der Waals surface area contributed by atoms with E-state index in [9.17, 15) is 14.7 Å². The highest BCUT2D eigenvalue weighted by Gasteiger charge is 2.44. The summed E-state index contributed by atoms with van der Waals surface area (Å²) in [5.41, 5.74) is 1.23. The van der Waals surface area contributed by atoms with Crippen LogP contribution in [0.2, 0.25) is 10.0 Å². The van der Waals surface area contributed by atoms with E-state index in [2.05, 4.69) is 9.88 Å². The second-order valence-electron chi connectivity index (χ2n) is 7.77. The minimum Gasteiger partial charge on any atom is -0.503 e. The topological polar surface area (TPSA) is 83.0 Å². The zero-order valence-electron chi connectivity index (χ0n) is 17.7. The molecule has 1 atom stereocenters. The Morgan fingerprint density at radius 1 is 1.22 bits per heavy atom. The number of carbonyl (C=O) groups is 2. The monoisotopic (exact) mass is 495 g/mol. The van der Waals surface area contributed by atoms with Gasteiger partial charge < -0.3 is 14.7 Å². The summed E-state index contributed by atoms with van der Waals surface area (Å²) in [4.78, 5) is 35.1. The summed E-state index contributed by atoms with van der Waals surface area (Å²) in [5.74, 6) is -1.50. The van der Waals surface area contributed by atoms with Crippen LogP contribution in [0.5, 0.6) is 0 Å². The number of aromatic nitrogens is 1. The molecule has 1 N–H and O–H groups in total. The normalized spacial score (nSPS) is 19.8. The zero-order chi connectivity index (χ0) is 23.0. The molecule has 1 aromatic heterocycles. The number of amides is 1. The number of Topliss-reactive ketones (excluding diaryl/α,β-unsaturated/α-hetero) is 1. The second-order valence-corrected chi connectivity index (χ2v) is 9.79. The Hall–Kier alpha value is -1.97. The molecule has 170 valence electrons. The van der Waals surface area contributed by atoms with Gasteiger partial charge in [-0.15, -0.1) is 11.3 Å². The first-order valence-corrected chi connectivity index (χ1v) is 11.8. The molecule has 2 aliphatic heterocycles. The van der Waals surface area contributed by atoms with Crippen molar-refractivity contribution in [1.29, 1.82) is 0 Å². The van der Waals surface area contributed by atoms with Crippen LogP contribution in [-0.2, 0) is 9.53 Å². The molecular formula is C22H23Cl2N3O4S. The number of rotatable bonds is 6. The van der Waals surface area contributed by atoms with Gasteiger partial charge in [0, 0.05) is 26.2 Å². The van der Waals surface area contributed by atoms with Gasteiger partial charge in [0.25, 0.3) is 5.91 Å². The molecule has 0 radical (unpaired) electrons. The Morgan fingerprint density at radius 3 is 2.56 bits per heavy atom. The van der Waals surface area contributed by atoms with Gasteiger partial charge in [-0.3, -0.25) is 14.5 Å². The number of aryl methyl sites for hydroxylation is 2. The Labute approximate surface area is 200 Å². The van der Waals surface area contributed by atoms with Crippen LogP contribution in [0.3, 0.4) is 0 Å². The third-order valence-electron chi connectivity index (χ3n) is 5.68. The molecule has 1 unspecified atom stereocenters. The SMILES string of the molecule is Cc1nc(C)c(C(=O)C2=C(O)C(=O)N(CCN3CCOCC3)C2c2ccc(Cl)c(Cl)c2)s1. The number of aliphatic hydroxyl groups excluding tert-OH is 1. The summed E-state index contributed by atoms with van der Waals surface area (Å²) in [6.45, 7) is 7.31. The Morgan fingerprint density at radius 2 is 1.94 bits per heavy atom. The molecule has 3 heterocycles. The van der Waals surface area contributed by atoms with Crippen molar-refractivity contribution < 1.29 is 19.4 Å². The molecule has 1 saturated heterocycles. The fourth-order valence-corrected chi connectivity index (χ4v) is 5.26. The van der Waals surface area contributed by atoms with E-state index in [0.29, 0.717) is 52.5 Å². The molecule has 4 rings (SSSR count). The largest absolute Gasteiger partial charge is 0.503 e. The van der Waals surface area contributed by atoms with Gasteiger partial charge in [-0.2, -0.15) is 0 Å². The van der Waals surface area contributed by atoms with Crippen molar-refractivity contribution in [2.45, 2.75) is 19.9 Å². The highest BCUT2D eigenvalue weighted by Crippen LogP contribution is 2.41. The number of hydrogen-bond donors (Lipinski definition) is 1. The predicted octanol–water partition coefficient (Wildman–Crippen LogP) is 3.98. The number of benzene rings is 1. The number of ketones is 1. The molecule has 0 bridgehead atoms. The highest BCUT2D eigenvalue weighted by atomic mass is 35.5. The molecule has 2 aliphatic rings. The average molecular weight is 496 g/mol. The number of nitrogens with zero attached hydrogens (tertiary/aromatic N) is 3. The van der Waals surface area contributed by atoms with Gasteiger partial charge in [-0.25, -0.2) is 4.98 Å². The van der Waals surface area contributed by atoms with Gasteiger partial charge in [0.1, 0.15) is 0 Å². The minimum absolute atomic E-state index is 0.0436. The zero-order valence-corrected chi connectivity index (χ0v) is 20.1. The van der Waals surface area contributed by atoms with Crippen LogP contribution < -0.4 is 0 Å². The van der Waals surface area contributed by atoms with Crippen LogP contribution in [0.4, 0.5) is 0 Å². The smallest absolute Gasteiger partial charge is 0.290 e. The van der Waals surface area contributed by atoms with Crippen LogP contribution in [0.1, 0.15) is 32.0 Å². The van der Waals surface area contributed by atoms with E-state index in [0.717, 1.165) is 18.1 Å². The fraction of sp³-hybridized carbons (Fsp3) is 0.409. The summed E-state index contributed by atoms with van der Waals surface area (Å²) in [6.07, 6.45) is 0. The van der Waals surface area contributed by atoms with E-state index in [1.54, 1.807) is 25.1 Å². The molecule has 1 fully saturated rings. The maximum absolute atomic E-state index is 13.5. The standard InChI is InChI=1S/C22H23Cl2N3O4S/c1-12-21(32-13(2)25-12)19(28)17-18(14-3-4-15(23)16(24)11-14)27(22(30)20(17)29)6-5-26-7-9-31-10-8-26/h3-4,11,18,29H,5-10H2,1-2H3. The first-order valence-electron chi connectivity index (χ1n) is 10.3. The second kappa shape index (κ2) is 9.49. The number of aliphatic hydroxyl groups is 1. The van der Waals surface area contributed by atoms with Gasteiger partial charge in [0.2, 0.25) is 5.78 Å². The van der Waals surface area contributed by atoms with E-state index in [1.165, 1.54) is 16.2 Å². The number of thiazole rings is 1. The summed E-state index contributed by atoms with van der Waals surface area (Å²) < 4.78 is 5.39. The highest BCUT2D eigenvalue weighted by molar-refractivity contribution is 7.14. The molecule has 0 spiro atoms. The maximum atomic E-state index is 13.5. The molecule has 1 amide bonds. The van der Waals surface area contributed by atoms with Crippen molar-refractivity contribution in [3.05, 3.63) is 60.7 Å². The van der Waals surface area contributed by atoms with Gasteiger partial charge in [-0.05, 0) is 31.5 Å². The van der Waals surface area contributed by atoms with Crippen LogP contribution in [0, 0.1) is 13.8 Å². The van der Waals surface area contributed by atoms with Crippen LogP contribution >= 0.6 is 34.5 Å². The Kier molecular flexibility index (Phi) is 6.88. The first-order chi connectivity index (χ1) is 15.3. The van der Waals surface area contributed by atoms with Crippen molar-refractivity contribution in [3.8, 4) is 0 Å². The average Bonchev–Trinajstić information content (AvgIpc) is 3.24. The number of hydrogen-bond acceptors (Lipinski definition) is 7. The van der Waals surface area contributed by atoms with Crippen LogP contribution in [-0.4, -0.2) is 71.0 Å². The fourth-order valence-electron chi connectivity index (χ4n) is 4.08. The van der Waals surface area contributed by atoms with E-state index < -0.39 is 23.5 Å². The summed E-state index contributed by atoms with van der Waals surface area (Å²) >= 11 is 13.6. The molecule has 1 aromatic carbocycles. The van der Waals surface area contributed by atoms with Crippen LogP contribution in [0.15, 0.2) is 29.5 Å². The molecular weight excluding hydrogens is 473 g/mol. The van der Waals surface area contributed by atoms with E-state index in [-0.39, 0.29) is 5.57 Å². The molecule has 0 saturated carbocycles. The number of halogens is 2. The van der Waals surface area contributed by atoms with Gasteiger partial charge in [-0.1, -0.05) is 29.3 Å². The molecule has 7 nitrogen and oxygen atoms in total. The summed E-state index contributed by atoms with van der Waals surface area (Å²) in [6, 6.07) is 4.22. The van der Waals surface area contributed by atoms with E-state index >= 15 is 0 Å². The molecule has 0 aliphatic carbocycles. The number of ether oxygens (including phenoxy) is 1. The third-order valence-corrected chi connectivity index (χ3v) is 7.49. The van der Waals surface area contributed by atoms with Crippen molar-refractivity contribution in [3.63, 3.8) is 0 Å². The van der Waals surface area contributed by atoms with Gasteiger partial charge >= 0.3 is 0 Å².